The Morgan fingerprint density at radius 1 is 1.00 bits per heavy atom. The Bertz CT molecular complexity index is 1050. The highest BCUT2D eigenvalue weighted by Crippen LogP contribution is 2.27. The lowest BCUT2D eigenvalue weighted by Crippen LogP contribution is -2.14. The smallest absolute Gasteiger partial charge is 0.368 e. The van der Waals surface area contributed by atoms with Crippen molar-refractivity contribution in [2.24, 2.45) is 0 Å². The lowest BCUT2D eigenvalue weighted by atomic mass is 10.2. The second-order valence-corrected chi connectivity index (χ2v) is 5.82. The fourth-order valence-electron chi connectivity index (χ4n) is 2.61. The van der Waals surface area contributed by atoms with Crippen LogP contribution in [0, 0.1) is 0 Å². The zero-order chi connectivity index (χ0) is 18.9. The highest BCUT2D eigenvalue weighted by atomic mass is 19.4. The predicted molar refractivity (Wildman–Crippen MR) is 91.5 cm³/mol. The van der Waals surface area contributed by atoms with Crippen molar-refractivity contribution < 1.29 is 13.2 Å². The summed E-state index contributed by atoms with van der Waals surface area (Å²) >= 11 is 0. The molecule has 0 saturated heterocycles. The predicted octanol–water partition coefficient (Wildman–Crippen LogP) is 2.98. The Kier molecular flexibility index (Phi) is 4.22. The summed E-state index contributed by atoms with van der Waals surface area (Å²) in [7, 11) is 0. The fourth-order valence-corrected chi connectivity index (χ4v) is 2.61. The number of nitrogens with one attached hydrogen (secondary N) is 1. The number of hydrogen-bond acceptors (Lipinski definition) is 5. The van der Waals surface area contributed by atoms with E-state index < -0.39 is 12.0 Å². The van der Waals surface area contributed by atoms with Crippen LogP contribution in [0.4, 0.5) is 19.0 Å². The van der Waals surface area contributed by atoms with E-state index in [0.29, 0.717) is 23.3 Å². The van der Waals surface area contributed by atoms with Crippen molar-refractivity contribution in [1.29, 1.82) is 0 Å². The van der Waals surface area contributed by atoms with Gasteiger partial charge in [0.1, 0.15) is 5.82 Å². The number of rotatable bonds is 5. The molecule has 0 atom stereocenters. The maximum atomic E-state index is 12.9. The molecule has 27 heavy (non-hydrogen) atoms. The summed E-state index contributed by atoms with van der Waals surface area (Å²) in [5.41, 5.74) is 1.99. The fraction of sp³-hybridized carbons (Fsp3) is 0.176. The van der Waals surface area contributed by atoms with Crippen molar-refractivity contribution in [3.8, 4) is 5.69 Å². The molecule has 0 bridgehead atoms. The highest BCUT2D eigenvalue weighted by Gasteiger charge is 2.37. The molecular formula is C17H14F3N7. The molecule has 1 aromatic carbocycles. The number of nitrogens with zero attached hydrogens (tertiary/aromatic N) is 6. The van der Waals surface area contributed by atoms with Crippen LogP contribution in [0.25, 0.3) is 11.3 Å². The normalized spacial score (nSPS) is 11.8. The Balaban J connectivity index is 1.43. The molecule has 4 rings (SSSR count). The van der Waals surface area contributed by atoms with Gasteiger partial charge in [-0.2, -0.15) is 22.8 Å². The molecule has 0 radical (unpaired) electrons. The van der Waals surface area contributed by atoms with Gasteiger partial charge in [0.15, 0.2) is 5.65 Å². The van der Waals surface area contributed by atoms with Crippen LogP contribution >= 0.6 is 0 Å². The molecule has 3 heterocycles. The third kappa shape index (κ3) is 3.59. The van der Waals surface area contributed by atoms with Crippen molar-refractivity contribution in [2.45, 2.75) is 12.6 Å². The van der Waals surface area contributed by atoms with E-state index in [9.17, 15) is 13.2 Å². The number of alkyl halides is 3. The second-order valence-electron chi connectivity index (χ2n) is 5.82. The van der Waals surface area contributed by atoms with E-state index in [1.807, 2.05) is 36.5 Å². The number of halogens is 3. The number of para-hydroxylation sites is 1. The van der Waals surface area contributed by atoms with Gasteiger partial charge in [0.25, 0.3) is 5.82 Å². The second kappa shape index (κ2) is 6.71. The first-order chi connectivity index (χ1) is 13.0. The van der Waals surface area contributed by atoms with Crippen LogP contribution in [-0.4, -0.2) is 36.1 Å². The summed E-state index contributed by atoms with van der Waals surface area (Å²) in [6.07, 6.45) is -0.306. The molecule has 138 valence electrons. The number of aromatic nitrogens is 6. The summed E-state index contributed by atoms with van der Waals surface area (Å²) in [5, 5.41) is 17.9. The SMILES string of the molecule is FC(F)(F)c1nnc2ccc(NCCc3cnn(-c4ccccc4)c3)nn12. The van der Waals surface area contributed by atoms with E-state index in [1.54, 1.807) is 16.9 Å². The van der Waals surface area contributed by atoms with Gasteiger partial charge in [-0.15, -0.1) is 15.3 Å². The number of benzene rings is 1. The van der Waals surface area contributed by atoms with E-state index in [-0.39, 0.29) is 5.65 Å². The largest absolute Gasteiger partial charge is 0.453 e. The molecular weight excluding hydrogens is 359 g/mol. The van der Waals surface area contributed by atoms with Gasteiger partial charge < -0.3 is 5.32 Å². The summed E-state index contributed by atoms with van der Waals surface area (Å²) in [6.45, 7) is 0.489. The minimum absolute atomic E-state index is 0.0389. The first-order valence-corrected chi connectivity index (χ1v) is 8.13. The number of hydrogen-bond donors (Lipinski definition) is 1. The van der Waals surface area contributed by atoms with E-state index in [4.69, 9.17) is 0 Å². The van der Waals surface area contributed by atoms with Gasteiger partial charge in [-0.25, -0.2) is 4.68 Å². The Morgan fingerprint density at radius 3 is 2.59 bits per heavy atom. The van der Waals surface area contributed by atoms with Gasteiger partial charge in [0.2, 0.25) is 0 Å². The van der Waals surface area contributed by atoms with Gasteiger partial charge in [-0.05, 0) is 36.2 Å². The van der Waals surface area contributed by atoms with Crippen molar-refractivity contribution in [3.05, 3.63) is 66.2 Å². The number of anilines is 1. The van der Waals surface area contributed by atoms with Crippen LogP contribution in [-0.2, 0) is 12.6 Å². The van der Waals surface area contributed by atoms with Crippen LogP contribution < -0.4 is 5.32 Å². The molecule has 1 N–H and O–H groups in total. The lowest BCUT2D eigenvalue weighted by Gasteiger charge is -2.06. The molecule has 0 fully saturated rings. The molecule has 10 heteroatoms. The molecule has 0 spiro atoms. The van der Waals surface area contributed by atoms with Crippen molar-refractivity contribution in [2.75, 3.05) is 11.9 Å². The summed E-state index contributed by atoms with van der Waals surface area (Å²) < 4.78 is 41.2. The first-order valence-electron chi connectivity index (χ1n) is 8.13. The third-order valence-electron chi connectivity index (χ3n) is 3.89. The summed E-state index contributed by atoms with van der Waals surface area (Å²) in [5.74, 6) is -0.839. The average molecular weight is 373 g/mol. The van der Waals surface area contributed by atoms with E-state index in [2.05, 4.69) is 25.7 Å². The molecule has 4 aromatic rings. The van der Waals surface area contributed by atoms with Crippen LogP contribution in [0.5, 0.6) is 0 Å². The van der Waals surface area contributed by atoms with Gasteiger partial charge in [-0.3, -0.25) is 0 Å². The average Bonchev–Trinajstić information content (AvgIpc) is 3.29. The molecule has 0 aliphatic rings. The standard InChI is InChI=1S/C17H14F3N7/c18-17(19,20)16-24-23-15-7-6-14(25-27(15)16)21-9-8-12-10-22-26(11-12)13-4-2-1-3-5-13/h1-7,10-11H,8-9H2,(H,21,25). The van der Waals surface area contributed by atoms with Gasteiger partial charge >= 0.3 is 6.18 Å². The molecule has 0 aliphatic carbocycles. The zero-order valence-corrected chi connectivity index (χ0v) is 13.9. The van der Waals surface area contributed by atoms with Gasteiger partial charge in [-0.1, -0.05) is 18.2 Å². The highest BCUT2D eigenvalue weighted by molar-refractivity contribution is 5.44. The molecule has 0 saturated carbocycles. The topological polar surface area (TPSA) is 72.9 Å². The summed E-state index contributed by atoms with van der Waals surface area (Å²) in [4.78, 5) is 0. The maximum absolute atomic E-state index is 12.9. The minimum Gasteiger partial charge on any atom is -0.368 e. The maximum Gasteiger partial charge on any atom is 0.453 e. The van der Waals surface area contributed by atoms with Crippen molar-refractivity contribution in [3.63, 3.8) is 0 Å². The first kappa shape index (κ1) is 17.0. The van der Waals surface area contributed by atoms with E-state index in [1.165, 1.54) is 6.07 Å². The van der Waals surface area contributed by atoms with Crippen LogP contribution in [0.3, 0.4) is 0 Å². The quantitative estimate of drug-likeness (QED) is 0.582. The summed E-state index contributed by atoms with van der Waals surface area (Å²) in [6, 6.07) is 12.7. The molecule has 3 aromatic heterocycles. The van der Waals surface area contributed by atoms with Crippen LogP contribution in [0.2, 0.25) is 0 Å². The minimum atomic E-state index is -4.61. The molecule has 0 aliphatic heterocycles. The van der Waals surface area contributed by atoms with Crippen molar-refractivity contribution in [1.82, 2.24) is 29.6 Å². The Hall–Kier alpha value is -3.43. The lowest BCUT2D eigenvalue weighted by molar-refractivity contribution is -0.146. The Labute approximate surface area is 151 Å². The Morgan fingerprint density at radius 2 is 1.81 bits per heavy atom. The molecule has 0 unspecified atom stereocenters. The molecule has 0 amide bonds. The van der Waals surface area contributed by atoms with Crippen LogP contribution in [0.15, 0.2) is 54.9 Å². The zero-order valence-electron chi connectivity index (χ0n) is 13.9. The molecule has 7 nitrogen and oxygen atoms in total. The van der Waals surface area contributed by atoms with Gasteiger partial charge in [0.05, 0.1) is 11.9 Å². The van der Waals surface area contributed by atoms with Crippen LogP contribution in [0.1, 0.15) is 11.4 Å². The monoisotopic (exact) mass is 373 g/mol. The van der Waals surface area contributed by atoms with E-state index >= 15 is 0 Å². The van der Waals surface area contributed by atoms with Crippen molar-refractivity contribution >= 4 is 11.5 Å². The third-order valence-corrected chi connectivity index (χ3v) is 3.89. The number of fused-ring (bicyclic) bond motifs is 1. The van der Waals surface area contributed by atoms with Gasteiger partial charge in [0, 0.05) is 12.7 Å². The van der Waals surface area contributed by atoms with E-state index in [0.717, 1.165) is 11.3 Å².